The Balaban J connectivity index is 1.02. The maximum absolute atomic E-state index is 7.67. The van der Waals surface area contributed by atoms with Gasteiger partial charge in [0.1, 0.15) is 46.0 Å². The fourth-order valence-corrected chi connectivity index (χ4v) is 15.9. The van der Waals surface area contributed by atoms with E-state index >= 15 is 0 Å². The molecule has 0 radical (unpaired) electrons. The molecule has 496 valence electrons. The van der Waals surface area contributed by atoms with Gasteiger partial charge in [-0.25, -0.2) is 0 Å². The first kappa shape index (κ1) is 62.6. The second kappa shape index (κ2) is 27.0. The number of hydrogen-bond donors (Lipinski definition) is 0. The zero-order chi connectivity index (χ0) is 67.2. The molecule has 8 bridgehead atoms. The van der Waals surface area contributed by atoms with Crippen LogP contribution in [0.5, 0.6) is 46.0 Å². The van der Waals surface area contributed by atoms with Gasteiger partial charge in [-0.3, -0.25) is 0 Å². The lowest BCUT2D eigenvalue weighted by molar-refractivity contribution is -0.0120. The highest BCUT2D eigenvalue weighted by molar-refractivity contribution is 5.65. The summed E-state index contributed by atoms with van der Waals surface area (Å²) < 4.78 is 61.3. The van der Waals surface area contributed by atoms with Crippen LogP contribution in [0.3, 0.4) is 0 Å². The Morgan fingerprint density at radius 2 is 0.390 bits per heavy atom. The highest BCUT2D eigenvalue weighted by Crippen LogP contribution is 2.58. The van der Waals surface area contributed by atoms with E-state index in [1.54, 1.807) is 0 Å². The molecule has 4 aliphatic heterocycles. The maximum atomic E-state index is 7.67. The van der Waals surface area contributed by atoms with Crippen LogP contribution in [0.25, 0.3) is 0 Å². The first-order chi connectivity index (χ1) is 49.1. The molecule has 12 aromatic carbocycles. The molecule has 0 fully saturated rings. The van der Waals surface area contributed by atoms with Crippen molar-refractivity contribution in [1.82, 2.24) is 0 Å². The van der Waals surface area contributed by atoms with E-state index in [1.807, 2.05) is 0 Å². The number of aryl methyl sites for hydroxylation is 8. The van der Waals surface area contributed by atoms with Gasteiger partial charge in [0, 0.05) is 115 Å². The van der Waals surface area contributed by atoms with Crippen molar-refractivity contribution in [3.63, 3.8) is 0 Å². The minimum absolute atomic E-state index is 0.289. The van der Waals surface area contributed by atoms with Crippen molar-refractivity contribution in [3.8, 4) is 46.0 Å². The summed E-state index contributed by atoms with van der Waals surface area (Å²) >= 11 is 0. The molecule has 0 saturated heterocycles. The first-order valence-electron chi connectivity index (χ1n) is 35.6. The van der Waals surface area contributed by atoms with E-state index in [1.165, 1.54) is 22.3 Å². The minimum Gasteiger partial charge on any atom is -0.450 e. The molecule has 0 unspecified atom stereocenters. The quantitative estimate of drug-likeness (QED) is 0.0947. The van der Waals surface area contributed by atoms with Gasteiger partial charge in [-0.1, -0.05) is 216 Å². The van der Waals surface area contributed by atoms with Crippen molar-refractivity contribution < 1.29 is 37.9 Å². The molecule has 8 heteroatoms. The lowest BCUT2D eigenvalue weighted by atomic mass is 9.75. The van der Waals surface area contributed by atoms with E-state index in [-0.39, 0.29) is 23.7 Å². The lowest BCUT2D eigenvalue weighted by Gasteiger charge is -2.38. The van der Waals surface area contributed by atoms with Crippen molar-refractivity contribution in [1.29, 1.82) is 0 Å². The second-order valence-corrected chi connectivity index (χ2v) is 27.9. The first-order valence-corrected chi connectivity index (χ1v) is 35.6. The van der Waals surface area contributed by atoms with Gasteiger partial charge in [0.15, 0.2) is 0 Å². The van der Waals surface area contributed by atoms with Gasteiger partial charge < -0.3 is 37.9 Å². The van der Waals surface area contributed by atoms with Crippen molar-refractivity contribution in [2.75, 3.05) is 0 Å². The predicted molar refractivity (Wildman–Crippen MR) is 393 cm³/mol. The van der Waals surface area contributed by atoms with Gasteiger partial charge in [0.05, 0.1) is 0 Å². The molecule has 4 heterocycles. The fraction of sp³-hybridized carbons (Fsp3) is 0.217. The zero-order valence-electron chi connectivity index (χ0n) is 56.9. The highest BCUT2D eigenvalue weighted by atomic mass is 16.7. The predicted octanol–water partition coefficient (Wildman–Crippen LogP) is 22.2. The third-order valence-corrected chi connectivity index (χ3v) is 21.0. The molecule has 8 nitrogen and oxygen atoms in total. The van der Waals surface area contributed by atoms with Gasteiger partial charge >= 0.3 is 0 Å². The number of ether oxygens (including phenoxy) is 8. The van der Waals surface area contributed by atoms with E-state index in [0.717, 1.165) is 115 Å². The largest absolute Gasteiger partial charge is 0.450 e. The summed E-state index contributed by atoms with van der Waals surface area (Å²) in [5.74, 6) is 4.25. The molecule has 0 aromatic heterocycles. The fourth-order valence-electron chi connectivity index (χ4n) is 15.9. The Hall–Kier alpha value is -11.0. The lowest BCUT2D eigenvalue weighted by Crippen LogP contribution is -2.26. The molecule has 5 aliphatic rings. The van der Waals surface area contributed by atoms with Crippen molar-refractivity contribution in [2.24, 2.45) is 0 Å². The van der Waals surface area contributed by atoms with Crippen LogP contribution < -0.4 is 37.9 Å². The van der Waals surface area contributed by atoms with Crippen LogP contribution in [0.4, 0.5) is 0 Å². The van der Waals surface area contributed by atoms with Crippen molar-refractivity contribution in [2.45, 2.75) is 128 Å². The van der Waals surface area contributed by atoms with Crippen LogP contribution in [-0.2, 0) is 25.7 Å². The van der Waals surface area contributed by atoms with E-state index in [2.05, 4.69) is 295 Å². The zero-order valence-corrected chi connectivity index (χ0v) is 56.9. The highest BCUT2D eigenvalue weighted by Gasteiger charge is 2.42. The molecule has 12 aromatic rings. The summed E-state index contributed by atoms with van der Waals surface area (Å²) in [6.45, 7) is 8.47. The molecule has 0 saturated carbocycles. The van der Waals surface area contributed by atoms with Gasteiger partial charge in [-0.15, -0.1) is 0 Å². The molecule has 100 heavy (non-hydrogen) atoms. The Morgan fingerprint density at radius 1 is 0.200 bits per heavy atom. The Morgan fingerprint density at radius 3 is 0.570 bits per heavy atom. The Labute approximate surface area is 586 Å². The summed E-state index contributed by atoms with van der Waals surface area (Å²) in [5, 5.41) is 0. The normalized spacial score (nSPS) is 19.6. The topological polar surface area (TPSA) is 73.8 Å². The Kier molecular flexibility index (Phi) is 16.9. The molecular weight excluding hydrogens is 1230 g/mol. The van der Waals surface area contributed by atoms with Gasteiger partial charge in [0.2, 0.25) is 0 Å². The third-order valence-electron chi connectivity index (χ3n) is 21.0. The second-order valence-electron chi connectivity index (χ2n) is 27.9. The molecule has 0 N–H and O–H groups in total. The average Bonchev–Trinajstić information content (AvgIpc) is 0.733. The molecule has 1 aliphatic carbocycles. The van der Waals surface area contributed by atoms with Crippen LogP contribution in [0.1, 0.15) is 186 Å². The molecule has 0 atom stereocenters. The minimum atomic E-state index is -0.905. The summed E-state index contributed by atoms with van der Waals surface area (Å²) in [7, 11) is 0. The van der Waals surface area contributed by atoms with Crippen molar-refractivity contribution in [3.05, 3.63) is 378 Å². The average molecular weight is 1310 g/mol. The SMILES string of the molecule is Cc1cccc(C2Oc3cc4c5cc3C(CCc3ccccc3)c3cc6c(cc3O2)OC(c2cccc(C)c2)Oc2cc3c(cc2C6CCc2ccccc2)C(CCc2ccccc2)c2cc(c(cc2OC(c2cccc(C)c2)O3)OC(c2cccc(C)c2)O4)C5CCc2ccccc2)c1. The monoisotopic (exact) mass is 1310 g/mol. The van der Waals surface area contributed by atoms with E-state index in [4.69, 9.17) is 37.9 Å². The summed E-state index contributed by atoms with van der Waals surface area (Å²) in [5.41, 5.74) is 21.1. The standard InChI is InChI=1S/C92H80O8/c1-57-21-17-33-65(45-57)89-93-81-53-83-75-49-73(81)69(41-37-61-25-9-5-10-26-61)74-50-76-71(43-39-63-29-13-7-14-30-63)78-52-80-72(44-40-64-31-15-8-16-32-64)79-51-77(70(75)42-38-62-27-11-6-12-28-62)85(97-90(95-83)66-34-18-22-58(2)46-66)55-87(79)99-92(68-36-20-24-60(4)48-68)100-88(80)56-86(78)98-91(67-35-19-23-59(3)47-67)96-84(76)54-82(74)94-89/h5-36,45-56,69-72,89-92H,37-44H2,1-4H3. The maximum Gasteiger partial charge on any atom is 0.267 e. The number of hydrogen-bond acceptors (Lipinski definition) is 8. The number of benzene rings is 12. The molecule has 0 spiro atoms. The van der Waals surface area contributed by atoms with Crippen molar-refractivity contribution >= 4 is 0 Å². The molecular formula is C92H80O8. The third kappa shape index (κ3) is 12.7. The van der Waals surface area contributed by atoms with E-state index in [0.29, 0.717) is 71.7 Å². The van der Waals surface area contributed by atoms with Crippen LogP contribution >= 0.6 is 0 Å². The summed E-state index contributed by atoms with van der Waals surface area (Å²) in [6, 6.07) is 95.8. The van der Waals surface area contributed by atoms with Gasteiger partial charge in [-0.2, -0.15) is 0 Å². The summed E-state index contributed by atoms with van der Waals surface area (Å²) in [6.07, 6.45) is 2.32. The van der Waals surface area contributed by atoms with Crippen LogP contribution in [0, 0.1) is 27.7 Å². The van der Waals surface area contributed by atoms with E-state index < -0.39 is 25.2 Å². The Bertz CT molecular complexity index is 4230. The van der Waals surface area contributed by atoms with Gasteiger partial charge in [0.25, 0.3) is 25.2 Å². The van der Waals surface area contributed by atoms with Crippen LogP contribution in [-0.4, -0.2) is 0 Å². The number of rotatable bonds is 16. The van der Waals surface area contributed by atoms with Gasteiger partial charge in [-0.05, 0) is 150 Å². The van der Waals surface area contributed by atoms with Crippen LogP contribution in [0.15, 0.2) is 267 Å². The smallest absolute Gasteiger partial charge is 0.267 e. The molecule has 0 amide bonds. The van der Waals surface area contributed by atoms with Crippen LogP contribution in [0.2, 0.25) is 0 Å². The molecule has 17 rings (SSSR count). The van der Waals surface area contributed by atoms with E-state index in [9.17, 15) is 0 Å². The summed E-state index contributed by atoms with van der Waals surface area (Å²) in [4.78, 5) is 0.